The van der Waals surface area contributed by atoms with E-state index in [1.165, 1.54) is 30.3 Å². The van der Waals surface area contributed by atoms with Gasteiger partial charge >= 0.3 is 6.36 Å². The van der Waals surface area contributed by atoms with Crippen LogP contribution in [0.3, 0.4) is 0 Å². The normalized spacial score (nSPS) is 11.6. The molecule has 0 fully saturated rings. The van der Waals surface area contributed by atoms with E-state index in [2.05, 4.69) is 4.74 Å². The first-order valence-electron chi connectivity index (χ1n) is 9.14. The van der Waals surface area contributed by atoms with Crippen LogP contribution < -0.4 is 4.74 Å². The van der Waals surface area contributed by atoms with Crippen LogP contribution in [-0.2, 0) is 0 Å². The van der Waals surface area contributed by atoms with Gasteiger partial charge in [-0.05, 0) is 55.5 Å². The van der Waals surface area contributed by atoms with Gasteiger partial charge in [0, 0.05) is 39.5 Å². The largest absolute Gasteiger partial charge is 0.573 e. The summed E-state index contributed by atoms with van der Waals surface area (Å²) in [7, 11) is 0. The van der Waals surface area contributed by atoms with Crippen molar-refractivity contribution in [3.05, 3.63) is 88.6 Å². The number of ketones is 1. The van der Waals surface area contributed by atoms with Crippen LogP contribution in [-0.4, -0.2) is 21.8 Å². The molecule has 0 unspecified atom stereocenters. The molecule has 0 bridgehead atoms. The van der Waals surface area contributed by atoms with Crippen LogP contribution >= 0.6 is 11.6 Å². The first kappa shape index (κ1) is 20.8. The summed E-state index contributed by atoms with van der Waals surface area (Å²) in [5.74, 6) is -0.737. The van der Waals surface area contributed by atoms with Crippen molar-refractivity contribution in [1.29, 1.82) is 0 Å². The smallest absolute Gasteiger partial charge is 0.508 e. The molecule has 0 atom stereocenters. The molecule has 4 rings (SSSR count). The van der Waals surface area contributed by atoms with Crippen molar-refractivity contribution >= 4 is 28.3 Å². The maximum absolute atomic E-state index is 13.3. The molecule has 0 radical (unpaired) electrons. The summed E-state index contributed by atoms with van der Waals surface area (Å²) in [6, 6.07) is 16.4. The second-order valence-corrected chi connectivity index (χ2v) is 7.31. The number of aromatic hydroxyl groups is 1. The van der Waals surface area contributed by atoms with Crippen molar-refractivity contribution in [3.63, 3.8) is 0 Å². The van der Waals surface area contributed by atoms with Crippen molar-refractivity contribution in [2.75, 3.05) is 0 Å². The Morgan fingerprint density at radius 1 is 1.03 bits per heavy atom. The van der Waals surface area contributed by atoms with Gasteiger partial charge in [0.2, 0.25) is 0 Å². The van der Waals surface area contributed by atoms with E-state index < -0.39 is 12.1 Å². The van der Waals surface area contributed by atoms with Crippen molar-refractivity contribution in [1.82, 2.24) is 4.57 Å². The third kappa shape index (κ3) is 4.09. The van der Waals surface area contributed by atoms with Gasteiger partial charge in [0.15, 0.2) is 5.78 Å². The lowest BCUT2D eigenvalue weighted by molar-refractivity contribution is -0.274. The number of carbonyl (C=O) groups excluding carboxylic acids is 1. The minimum Gasteiger partial charge on any atom is -0.508 e. The third-order valence-electron chi connectivity index (χ3n) is 4.83. The molecule has 158 valence electrons. The molecule has 0 amide bonds. The van der Waals surface area contributed by atoms with E-state index in [9.17, 15) is 23.1 Å². The molecular formula is C23H15ClF3NO3. The fourth-order valence-corrected chi connectivity index (χ4v) is 3.72. The zero-order valence-corrected chi connectivity index (χ0v) is 16.8. The van der Waals surface area contributed by atoms with Gasteiger partial charge in [-0.1, -0.05) is 17.7 Å². The van der Waals surface area contributed by atoms with Gasteiger partial charge in [-0.15, -0.1) is 13.2 Å². The number of phenolic OH excluding ortho intramolecular Hbond substituents is 1. The third-order valence-corrected chi connectivity index (χ3v) is 5.08. The summed E-state index contributed by atoms with van der Waals surface area (Å²) < 4.78 is 44.0. The number of ether oxygens (including phenoxy) is 1. The number of hydrogen-bond donors (Lipinski definition) is 1. The molecule has 1 N–H and O–H groups in total. The Balaban J connectivity index is 1.97. The number of benzene rings is 3. The predicted molar refractivity (Wildman–Crippen MR) is 111 cm³/mol. The van der Waals surface area contributed by atoms with Gasteiger partial charge in [-0.3, -0.25) is 4.79 Å². The molecule has 0 saturated heterocycles. The highest BCUT2D eigenvalue weighted by Gasteiger charge is 2.32. The molecule has 1 aromatic heterocycles. The number of rotatable bonds is 4. The molecule has 4 aromatic rings. The fraction of sp³-hybridized carbons (Fsp3) is 0.0870. The van der Waals surface area contributed by atoms with E-state index in [1.54, 1.807) is 47.9 Å². The van der Waals surface area contributed by atoms with Crippen LogP contribution in [0.15, 0.2) is 66.7 Å². The summed E-state index contributed by atoms with van der Waals surface area (Å²) >= 11 is 5.91. The van der Waals surface area contributed by atoms with Gasteiger partial charge < -0.3 is 14.4 Å². The summed E-state index contributed by atoms with van der Waals surface area (Å²) in [6.07, 6.45) is -4.85. The second kappa shape index (κ2) is 7.67. The van der Waals surface area contributed by atoms with E-state index in [-0.39, 0.29) is 11.5 Å². The maximum Gasteiger partial charge on any atom is 0.573 e. The zero-order valence-electron chi connectivity index (χ0n) is 16.1. The molecule has 3 aromatic carbocycles. The van der Waals surface area contributed by atoms with Crippen molar-refractivity contribution in [2.24, 2.45) is 0 Å². The number of halogens is 4. The standard InChI is InChI=1S/C23H15ClF3NO3/c1-13-21(22(30)14-5-7-15(24)8-6-14)19-10-9-18(31-23(25,26)27)12-20(19)28(13)16-3-2-4-17(29)11-16/h2-12,29H,1H3. The van der Waals surface area contributed by atoms with E-state index >= 15 is 0 Å². The number of hydrogen-bond acceptors (Lipinski definition) is 3. The Kier molecular flexibility index (Phi) is 5.15. The lowest BCUT2D eigenvalue weighted by Gasteiger charge is -2.11. The summed E-state index contributed by atoms with van der Waals surface area (Å²) in [6.45, 7) is 1.69. The number of aromatic nitrogens is 1. The second-order valence-electron chi connectivity index (χ2n) is 6.88. The van der Waals surface area contributed by atoms with Gasteiger partial charge in [0.25, 0.3) is 0 Å². The SMILES string of the molecule is Cc1c(C(=O)c2ccc(Cl)cc2)c2ccc(OC(F)(F)F)cc2n1-c1cccc(O)c1. The van der Waals surface area contributed by atoms with E-state index in [1.807, 2.05) is 0 Å². The molecule has 4 nitrogen and oxygen atoms in total. The Morgan fingerprint density at radius 2 is 1.74 bits per heavy atom. The van der Waals surface area contributed by atoms with Crippen LogP contribution in [0.2, 0.25) is 5.02 Å². The van der Waals surface area contributed by atoms with Gasteiger partial charge in [0.1, 0.15) is 11.5 Å². The van der Waals surface area contributed by atoms with Crippen molar-refractivity contribution < 1.29 is 27.8 Å². The predicted octanol–water partition coefficient (Wildman–Crippen LogP) is 6.43. The summed E-state index contributed by atoms with van der Waals surface area (Å²) in [4.78, 5) is 13.3. The van der Waals surface area contributed by atoms with E-state index in [0.717, 1.165) is 0 Å². The number of phenols is 1. The van der Waals surface area contributed by atoms with E-state index in [0.29, 0.717) is 38.4 Å². The number of carbonyl (C=O) groups is 1. The average Bonchev–Trinajstić information content (AvgIpc) is 2.98. The van der Waals surface area contributed by atoms with Gasteiger partial charge in [0.05, 0.1) is 11.1 Å². The van der Waals surface area contributed by atoms with Crippen LogP contribution in [0.1, 0.15) is 21.6 Å². The highest BCUT2D eigenvalue weighted by atomic mass is 35.5. The molecule has 8 heteroatoms. The summed E-state index contributed by atoms with van der Waals surface area (Å²) in [5, 5.41) is 10.8. The lowest BCUT2D eigenvalue weighted by Crippen LogP contribution is -2.17. The highest BCUT2D eigenvalue weighted by Crippen LogP contribution is 2.35. The number of alkyl halides is 3. The van der Waals surface area contributed by atoms with Gasteiger partial charge in [-0.25, -0.2) is 0 Å². The molecule has 1 heterocycles. The van der Waals surface area contributed by atoms with Gasteiger partial charge in [-0.2, -0.15) is 0 Å². The molecule has 31 heavy (non-hydrogen) atoms. The molecule has 0 saturated carbocycles. The van der Waals surface area contributed by atoms with Crippen LogP contribution in [0.5, 0.6) is 11.5 Å². The topological polar surface area (TPSA) is 51.5 Å². The Hall–Kier alpha value is -3.45. The van der Waals surface area contributed by atoms with Crippen LogP contribution in [0.4, 0.5) is 13.2 Å². The molecular weight excluding hydrogens is 431 g/mol. The lowest BCUT2D eigenvalue weighted by atomic mass is 10.0. The minimum atomic E-state index is -4.85. The fourth-order valence-electron chi connectivity index (χ4n) is 3.59. The molecule has 0 aliphatic carbocycles. The van der Waals surface area contributed by atoms with Crippen molar-refractivity contribution in [2.45, 2.75) is 13.3 Å². The molecule has 0 aliphatic heterocycles. The first-order valence-corrected chi connectivity index (χ1v) is 9.52. The minimum absolute atomic E-state index is 0.0213. The molecule has 0 aliphatic rings. The van der Waals surface area contributed by atoms with Crippen LogP contribution in [0, 0.1) is 6.92 Å². The van der Waals surface area contributed by atoms with E-state index in [4.69, 9.17) is 11.6 Å². The quantitative estimate of drug-likeness (QED) is 0.368. The Morgan fingerprint density at radius 3 is 2.39 bits per heavy atom. The maximum atomic E-state index is 13.3. The summed E-state index contributed by atoms with van der Waals surface area (Å²) in [5.41, 5.74) is 2.05. The Bertz CT molecular complexity index is 1290. The van der Waals surface area contributed by atoms with Crippen LogP contribution in [0.25, 0.3) is 16.6 Å². The average molecular weight is 446 g/mol. The monoisotopic (exact) mass is 445 g/mol. The number of fused-ring (bicyclic) bond motifs is 1. The number of nitrogens with zero attached hydrogens (tertiary/aromatic N) is 1. The first-order chi connectivity index (χ1) is 14.6. The molecule has 0 spiro atoms. The zero-order chi connectivity index (χ0) is 22.3. The highest BCUT2D eigenvalue weighted by molar-refractivity contribution is 6.30. The van der Waals surface area contributed by atoms with Crippen molar-refractivity contribution in [3.8, 4) is 17.2 Å². The Labute approximate surface area is 180 Å².